The monoisotopic (exact) mass is 317 g/mol. The number of likely N-dealkylation sites (tertiary alicyclic amines) is 1. The first kappa shape index (κ1) is 16.7. The molecule has 128 valence electrons. The summed E-state index contributed by atoms with van der Waals surface area (Å²) in [7, 11) is 2.25. The van der Waals surface area contributed by atoms with Crippen LogP contribution >= 0.6 is 0 Å². The van der Waals surface area contributed by atoms with Crippen LogP contribution in [0.1, 0.15) is 44.1 Å². The van der Waals surface area contributed by atoms with Gasteiger partial charge in [-0.05, 0) is 33.4 Å². The summed E-state index contributed by atoms with van der Waals surface area (Å²) >= 11 is 0. The van der Waals surface area contributed by atoms with E-state index in [1.165, 1.54) is 25.9 Å². The van der Waals surface area contributed by atoms with E-state index in [0.29, 0.717) is 5.92 Å². The maximum atomic E-state index is 4.79. The molecule has 0 bridgehead atoms. The maximum absolute atomic E-state index is 4.79. The molecule has 0 radical (unpaired) electrons. The normalized spacial score (nSPS) is 24.4. The summed E-state index contributed by atoms with van der Waals surface area (Å²) in [6.45, 7) is 13.3. The molecule has 5 nitrogen and oxygen atoms in total. The van der Waals surface area contributed by atoms with Crippen LogP contribution in [-0.4, -0.2) is 72.1 Å². The van der Waals surface area contributed by atoms with E-state index in [2.05, 4.69) is 53.6 Å². The summed E-state index contributed by atoms with van der Waals surface area (Å²) in [4.78, 5) is 17.0. The molecule has 1 aromatic rings. The summed E-state index contributed by atoms with van der Waals surface area (Å²) < 4.78 is 0. The molecular weight excluding hydrogens is 286 g/mol. The zero-order valence-corrected chi connectivity index (χ0v) is 15.1. The molecule has 2 saturated heterocycles. The zero-order chi connectivity index (χ0) is 16.4. The largest absolute Gasteiger partial charge is 0.354 e. The lowest BCUT2D eigenvalue weighted by Gasteiger charge is -2.43. The average molecular weight is 317 g/mol. The minimum atomic E-state index is 0.382. The summed E-state index contributed by atoms with van der Waals surface area (Å²) in [5.41, 5.74) is 1.08. The molecule has 0 saturated carbocycles. The van der Waals surface area contributed by atoms with Crippen LogP contribution in [0.15, 0.2) is 6.07 Å². The lowest BCUT2D eigenvalue weighted by molar-refractivity contribution is 0.106. The number of nitrogens with zero attached hydrogens (tertiary/aromatic N) is 5. The Morgan fingerprint density at radius 3 is 2.48 bits per heavy atom. The van der Waals surface area contributed by atoms with Crippen molar-refractivity contribution in [1.82, 2.24) is 19.8 Å². The molecule has 0 spiro atoms. The number of aryl methyl sites for hydroxylation is 1. The van der Waals surface area contributed by atoms with Crippen LogP contribution in [0.4, 0.5) is 5.82 Å². The lowest BCUT2D eigenvalue weighted by Crippen LogP contribution is -2.54. The molecule has 2 aliphatic rings. The van der Waals surface area contributed by atoms with Crippen LogP contribution in [0.5, 0.6) is 0 Å². The van der Waals surface area contributed by atoms with Crippen molar-refractivity contribution in [3.8, 4) is 0 Å². The third-order valence-electron chi connectivity index (χ3n) is 5.13. The van der Waals surface area contributed by atoms with Gasteiger partial charge in [0.25, 0.3) is 0 Å². The first-order valence-electron chi connectivity index (χ1n) is 9.06. The first-order valence-corrected chi connectivity index (χ1v) is 9.06. The van der Waals surface area contributed by atoms with E-state index in [1.807, 2.05) is 0 Å². The van der Waals surface area contributed by atoms with E-state index in [0.717, 1.165) is 49.6 Å². The summed E-state index contributed by atoms with van der Waals surface area (Å²) in [5, 5.41) is 0. The van der Waals surface area contributed by atoms with Crippen LogP contribution < -0.4 is 4.90 Å². The highest BCUT2D eigenvalue weighted by molar-refractivity contribution is 5.40. The molecule has 0 amide bonds. The van der Waals surface area contributed by atoms with Crippen molar-refractivity contribution >= 4 is 5.82 Å². The van der Waals surface area contributed by atoms with Gasteiger partial charge in [0.15, 0.2) is 0 Å². The first-order chi connectivity index (χ1) is 11.0. The molecule has 23 heavy (non-hydrogen) atoms. The van der Waals surface area contributed by atoms with Crippen LogP contribution in [0, 0.1) is 6.92 Å². The van der Waals surface area contributed by atoms with Gasteiger partial charge in [-0.1, -0.05) is 13.8 Å². The van der Waals surface area contributed by atoms with Crippen LogP contribution in [0.2, 0.25) is 0 Å². The third-order valence-corrected chi connectivity index (χ3v) is 5.13. The highest BCUT2D eigenvalue weighted by Crippen LogP contribution is 2.21. The van der Waals surface area contributed by atoms with Gasteiger partial charge in [-0.3, -0.25) is 4.90 Å². The number of anilines is 1. The topological polar surface area (TPSA) is 35.5 Å². The highest BCUT2D eigenvalue weighted by atomic mass is 15.3. The van der Waals surface area contributed by atoms with Crippen molar-refractivity contribution in [2.45, 2.75) is 45.6 Å². The minimum absolute atomic E-state index is 0.382. The Morgan fingerprint density at radius 2 is 1.83 bits per heavy atom. The van der Waals surface area contributed by atoms with Crippen molar-refractivity contribution in [3.05, 3.63) is 17.6 Å². The predicted molar refractivity (Wildman–Crippen MR) is 95.2 cm³/mol. The fraction of sp³-hybridized carbons (Fsp3) is 0.778. The van der Waals surface area contributed by atoms with Crippen molar-refractivity contribution < 1.29 is 0 Å². The summed E-state index contributed by atoms with van der Waals surface area (Å²) in [5.74, 6) is 2.46. The molecule has 2 fully saturated rings. The van der Waals surface area contributed by atoms with Crippen LogP contribution in [0.3, 0.4) is 0 Å². The van der Waals surface area contributed by atoms with Gasteiger partial charge in [0.1, 0.15) is 11.6 Å². The van der Waals surface area contributed by atoms with Gasteiger partial charge in [-0.25, -0.2) is 9.97 Å². The van der Waals surface area contributed by atoms with Crippen molar-refractivity contribution in [2.24, 2.45) is 0 Å². The maximum Gasteiger partial charge on any atom is 0.133 e. The van der Waals surface area contributed by atoms with Gasteiger partial charge in [-0.15, -0.1) is 0 Å². The van der Waals surface area contributed by atoms with Gasteiger partial charge in [0, 0.05) is 56.4 Å². The Kier molecular flexibility index (Phi) is 5.17. The highest BCUT2D eigenvalue weighted by Gasteiger charge is 2.27. The SMILES string of the molecule is Cc1cc(N2CCN(C3CCCN(C)C3)CC2)nc(C(C)C)n1. The van der Waals surface area contributed by atoms with E-state index >= 15 is 0 Å². The van der Waals surface area contributed by atoms with E-state index < -0.39 is 0 Å². The molecule has 0 aliphatic carbocycles. The second kappa shape index (κ2) is 7.14. The second-order valence-corrected chi connectivity index (χ2v) is 7.46. The van der Waals surface area contributed by atoms with Gasteiger partial charge < -0.3 is 9.80 Å². The number of aromatic nitrogens is 2. The fourth-order valence-corrected chi connectivity index (χ4v) is 3.75. The third kappa shape index (κ3) is 4.01. The molecule has 1 atom stereocenters. The minimum Gasteiger partial charge on any atom is -0.354 e. The number of piperazine rings is 1. The number of hydrogen-bond donors (Lipinski definition) is 0. The molecule has 1 unspecified atom stereocenters. The van der Waals surface area contributed by atoms with Crippen molar-refractivity contribution in [3.63, 3.8) is 0 Å². The molecule has 1 aromatic heterocycles. The van der Waals surface area contributed by atoms with Crippen molar-refractivity contribution in [2.75, 3.05) is 51.2 Å². The Hall–Kier alpha value is -1.20. The smallest absolute Gasteiger partial charge is 0.133 e. The van der Waals surface area contributed by atoms with E-state index in [4.69, 9.17) is 4.98 Å². The molecular formula is C18H31N5. The number of piperidine rings is 1. The van der Waals surface area contributed by atoms with Crippen LogP contribution in [-0.2, 0) is 0 Å². The Balaban J connectivity index is 1.62. The quantitative estimate of drug-likeness (QED) is 0.853. The number of rotatable bonds is 3. The molecule has 3 rings (SSSR count). The standard InChI is InChI=1S/C18H31N5/c1-14(2)18-19-15(3)12-17(20-18)23-10-8-22(9-11-23)16-6-5-7-21(4)13-16/h12,14,16H,5-11,13H2,1-4H3. The summed E-state index contributed by atoms with van der Waals surface area (Å²) in [6.07, 6.45) is 2.69. The summed E-state index contributed by atoms with van der Waals surface area (Å²) in [6, 6.07) is 2.88. The fourth-order valence-electron chi connectivity index (χ4n) is 3.75. The predicted octanol–water partition coefficient (Wildman–Crippen LogP) is 2.12. The molecule has 5 heteroatoms. The molecule has 2 aliphatic heterocycles. The Morgan fingerprint density at radius 1 is 1.09 bits per heavy atom. The molecule has 3 heterocycles. The lowest BCUT2D eigenvalue weighted by atomic mass is 10.0. The molecule has 0 aromatic carbocycles. The second-order valence-electron chi connectivity index (χ2n) is 7.46. The van der Waals surface area contributed by atoms with Gasteiger partial charge in [0.05, 0.1) is 0 Å². The van der Waals surface area contributed by atoms with E-state index in [-0.39, 0.29) is 0 Å². The molecule has 0 N–H and O–H groups in total. The van der Waals surface area contributed by atoms with Gasteiger partial charge >= 0.3 is 0 Å². The zero-order valence-electron chi connectivity index (χ0n) is 15.1. The van der Waals surface area contributed by atoms with Crippen molar-refractivity contribution in [1.29, 1.82) is 0 Å². The van der Waals surface area contributed by atoms with Crippen LogP contribution in [0.25, 0.3) is 0 Å². The van der Waals surface area contributed by atoms with Gasteiger partial charge in [0.2, 0.25) is 0 Å². The number of likely N-dealkylation sites (N-methyl/N-ethyl adjacent to an activating group) is 1. The number of hydrogen-bond acceptors (Lipinski definition) is 5. The Labute approximate surface area is 140 Å². The Bertz CT molecular complexity index is 522. The van der Waals surface area contributed by atoms with Gasteiger partial charge in [-0.2, -0.15) is 0 Å². The van der Waals surface area contributed by atoms with E-state index in [9.17, 15) is 0 Å². The average Bonchev–Trinajstić information content (AvgIpc) is 2.54. The van der Waals surface area contributed by atoms with E-state index in [1.54, 1.807) is 0 Å².